The molecule has 2 heterocycles. The minimum Gasteiger partial charge on any atom is -0.357 e. The predicted octanol–water partition coefficient (Wildman–Crippen LogP) is 2.49. The average Bonchev–Trinajstić information content (AvgIpc) is 2.64. The first-order valence-electron chi connectivity index (χ1n) is 7.32. The van der Waals surface area contributed by atoms with Crippen molar-refractivity contribution in [1.82, 2.24) is 9.88 Å². The van der Waals surface area contributed by atoms with E-state index < -0.39 is 0 Å². The normalized spacial score (nSPS) is 19.8. The molecule has 0 spiro atoms. The molecule has 0 bridgehead atoms. The second-order valence-corrected chi connectivity index (χ2v) is 5.90. The van der Waals surface area contributed by atoms with Crippen LogP contribution in [0.25, 0.3) is 0 Å². The molecule has 1 aliphatic rings. The molecular weight excluding hydrogens is 248 g/mol. The van der Waals surface area contributed by atoms with Gasteiger partial charge in [0, 0.05) is 19.1 Å². The van der Waals surface area contributed by atoms with Gasteiger partial charge >= 0.3 is 0 Å². The lowest BCUT2D eigenvalue weighted by atomic mass is 10.1. The molecule has 0 saturated carbocycles. The average molecular weight is 272 g/mol. The molecule has 4 heteroatoms. The van der Waals surface area contributed by atoms with Gasteiger partial charge in [0.05, 0.1) is 11.3 Å². The van der Waals surface area contributed by atoms with Gasteiger partial charge in [-0.3, -0.25) is 0 Å². The summed E-state index contributed by atoms with van der Waals surface area (Å²) in [6, 6.07) is 4.96. The number of anilines is 1. The van der Waals surface area contributed by atoms with E-state index in [1.807, 2.05) is 13.8 Å². The lowest BCUT2D eigenvalue weighted by Crippen LogP contribution is -2.30. The third-order valence-corrected chi connectivity index (χ3v) is 4.25. The van der Waals surface area contributed by atoms with Gasteiger partial charge in [-0.2, -0.15) is 5.26 Å². The molecule has 1 fully saturated rings. The maximum absolute atomic E-state index is 9.13. The molecule has 108 valence electrons. The van der Waals surface area contributed by atoms with Crippen LogP contribution in [0.2, 0.25) is 0 Å². The van der Waals surface area contributed by atoms with Crippen molar-refractivity contribution in [2.45, 2.75) is 39.2 Å². The van der Waals surface area contributed by atoms with E-state index in [1.165, 1.54) is 19.3 Å². The smallest absolute Gasteiger partial charge is 0.129 e. The van der Waals surface area contributed by atoms with Crippen molar-refractivity contribution in [1.29, 1.82) is 5.26 Å². The molecule has 0 amide bonds. The van der Waals surface area contributed by atoms with E-state index in [1.54, 1.807) is 0 Å². The third-order valence-electron chi connectivity index (χ3n) is 4.25. The number of hydrogen-bond acceptors (Lipinski definition) is 4. The van der Waals surface area contributed by atoms with Crippen molar-refractivity contribution >= 4 is 5.82 Å². The second kappa shape index (κ2) is 6.23. The molecule has 0 aromatic carbocycles. The summed E-state index contributed by atoms with van der Waals surface area (Å²) >= 11 is 0. The molecule has 0 radical (unpaired) electrons. The van der Waals surface area contributed by atoms with Gasteiger partial charge in [0.1, 0.15) is 11.9 Å². The van der Waals surface area contributed by atoms with Crippen LogP contribution in [0.5, 0.6) is 0 Å². The Labute approximate surface area is 122 Å². The Balaban J connectivity index is 2.18. The zero-order valence-corrected chi connectivity index (χ0v) is 13.0. The highest BCUT2D eigenvalue weighted by atomic mass is 15.2. The van der Waals surface area contributed by atoms with E-state index in [0.717, 1.165) is 35.7 Å². The van der Waals surface area contributed by atoms with E-state index in [2.05, 4.69) is 41.0 Å². The molecule has 1 saturated heterocycles. The summed E-state index contributed by atoms with van der Waals surface area (Å²) in [4.78, 5) is 9.32. The van der Waals surface area contributed by atoms with Gasteiger partial charge in [-0.25, -0.2) is 4.98 Å². The monoisotopic (exact) mass is 272 g/mol. The number of pyridine rings is 1. The Bertz CT molecular complexity index is 493. The summed E-state index contributed by atoms with van der Waals surface area (Å²) in [5.74, 6) is 1.03. The second-order valence-electron chi connectivity index (χ2n) is 5.90. The molecule has 0 aliphatic carbocycles. The van der Waals surface area contributed by atoms with E-state index in [4.69, 9.17) is 5.26 Å². The molecule has 1 aliphatic heterocycles. The first kappa shape index (κ1) is 14.8. The van der Waals surface area contributed by atoms with E-state index >= 15 is 0 Å². The topological polar surface area (TPSA) is 43.2 Å². The van der Waals surface area contributed by atoms with Gasteiger partial charge in [-0.1, -0.05) is 0 Å². The van der Waals surface area contributed by atoms with Crippen LogP contribution in [0.1, 0.15) is 36.1 Å². The summed E-state index contributed by atoms with van der Waals surface area (Å²) in [7, 11) is 4.32. The minimum atomic E-state index is 0.667. The molecular formula is C16H24N4. The Kier molecular flexibility index (Phi) is 4.61. The van der Waals surface area contributed by atoms with Gasteiger partial charge < -0.3 is 9.80 Å². The third kappa shape index (κ3) is 3.10. The number of hydrogen-bond donors (Lipinski definition) is 0. The minimum absolute atomic E-state index is 0.667. The van der Waals surface area contributed by atoms with E-state index in [-0.39, 0.29) is 0 Å². The first-order valence-corrected chi connectivity index (χ1v) is 7.32. The van der Waals surface area contributed by atoms with Gasteiger partial charge in [-0.15, -0.1) is 0 Å². The van der Waals surface area contributed by atoms with Crippen molar-refractivity contribution in [2.75, 3.05) is 32.1 Å². The van der Waals surface area contributed by atoms with Crippen molar-refractivity contribution in [3.05, 3.63) is 22.9 Å². The summed E-state index contributed by atoms with van der Waals surface area (Å²) in [5, 5.41) is 9.13. The molecule has 1 aromatic heterocycles. The highest BCUT2D eigenvalue weighted by Gasteiger charge is 2.20. The molecule has 1 atom stereocenters. The quantitative estimate of drug-likeness (QED) is 0.829. The summed E-state index contributed by atoms with van der Waals surface area (Å²) in [6.07, 6.45) is 3.62. The highest BCUT2D eigenvalue weighted by Crippen LogP contribution is 2.23. The maximum atomic E-state index is 9.13. The molecule has 1 unspecified atom stereocenters. The summed E-state index contributed by atoms with van der Waals surface area (Å²) < 4.78 is 0. The zero-order valence-electron chi connectivity index (χ0n) is 13.0. The molecule has 0 N–H and O–H groups in total. The van der Waals surface area contributed by atoms with Crippen LogP contribution in [0, 0.1) is 25.2 Å². The Morgan fingerprint density at radius 1 is 1.30 bits per heavy atom. The predicted molar refractivity (Wildman–Crippen MR) is 82.0 cm³/mol. The van der Waals surface area contributed by atoms with Gasteiger partial charge in [0.15, 0.2) is 0 Å². The molecule has 1 aromatic rings. The first-order chi connectivity index (χ1) is 9.52. The van der Waals surface area contributed by atoms with Crippen LogP contribution in [0.4, 0.5) is 5.82 Å². The van der Waals surface area contributed by atoms with Crippen LogP contribution >= 0.6 is 0 Å². The van der Waals surface area contributed by atoms with Gasteiger partial charge in [0.25, 0.3) is 0 Å². The number of aromatic nitrogens is 1. The van der Waals surface area contributed by atoms with Crippen molar-refractivity contribution < 1.29 is 0 Å². The number of aryl methyl sites for hydroxylation is 2. The fourth-order valence-electron chi connectivity index (χ4n) is 2.97. The number of rotatable bonds is 2. The highest BCUT2D eigenvalue weighted by molar-refractivity contribution is 5.50. The van der Waals surface area contributed by atoms with Crippen LogP contribution in [-0.2, 0) is 0 Å². The molecule has 4 nitrogen and oxygen atoms in total. The Hall–Kier alpha value is -1.60. The van der Waals surface area contributed by atoms with Crippen LogP contribution in [0.15, 0.2) is 6.07 Å². The van der Waals surface area contributed by atoms with Crippen LogP contribution in [0.3, 0.4) is 0 Å². The van der Waals surface area contributed by atoms with Crippen molar-refractivity contribution in [3.8, 4) is 6.07 Å². The summed E-state index contributed by atoms with van der Waals surface area (Å²) in [5.41, 5.74) is 2.59. The van der Waals surface area contributed by atoms with Crippen molar-refractivity contribution in [3.63, 3.8) is 0 Å². The number of nitrogens with zero attached hydrogens (tertiary/aromatic N) is 4. The molecule has 20 heavy (non-hydrogen) atoms. The Morgan fingerprint density at radius 2 is 2.05 bits per heavy atom. The van der Waals surface area contributed by atoms with Crippen molar-refractivity contribution in [2.24, 2.45) is 0 Å². The lowest BCUT2D eigenvalue weighted by Gasteiger charge is -2.24. The zero-order chi connectivity index (χ0) is 14.7. The lowest BCUT2D eigenvalue weighted by molar-refractivity contribution is 0.272. The largest absolute Gasteiger partial charge is 0.357 e. The van der Waals surface area contributed by atoms with Crippen LogP contribution in [-0.4, -0.2) is 43.1 Å². The van der Waals surface area contributed by atoms with Crippen LogP contribution < -0.4 is 4.90 Å². The summed E-state index contributed by atoms with van der Waals surface area (Å²) in [6.45, 7) is 6.02. The van der Waals surface area contributed by atoms with E-state index in [9.17, 15) is 0 Å². The fraction of sp³-hybridized carbons (Fsp3) is 0.625. The standard InChI is InChI=1S/C16H24N4/c1-12-10-16(18-13(2)15(12)11-17)20-8-5-6-14(7-9-20)19(3)4/h10,14H,5-9H2,1-4H3. The Morgan fingerprint density at radius 3 is 2.65 bits per heavy atom. The van der Waals surface area contributed by atoms with Gasteiger partial charge in [-0.05, 0) is 58.8 Å². The van der Waals surface area contributed by atoms with E-state index in [0.29, 0.717) is 6.04 Å². The molecule has 2 rings (SSSR count). The van der Waals surface area contributed by atoms with Gasteiger partial charge in [0.2, 0.25) is 0 Å². The number of nitriles is 1. The fourth-order valence-corrected chi connectivity index (χ4v) is 2.97. The SMILES string of the molecule is Cc1cc(N2CCCC(N(C)C)CC2)nc(C)c1C#N. The maximum Gasteiger partial charge on any atom is 0.129 e.